The van der Waals surface area contributed by atoms with Gasteiger partial charge in [-0.25, -0.2) is 25.4 Å². The fraction of sp³-hybridized carbons (Fsp3) is 0.625. The van der Waals surface area contributed by atoms with Crippen LogP contribution in [0.1, 0.15) is 18.4 Å². The Kier molecular flexibility index (Phi) is 6.95. The summed E-state index contributed by atoms with van der Waals surface area (Å²) in [6.07, 6.45) is 2.58. The number of piperidine rings is 1. The van der Waals surface area contributed by atoms with E-state index >= 15 is 0 Å². The summed E-state index contributed by atoms with van der Waals surface area (Å²) < 4.78 is 56.7. The molecule has 0 saturated carbocycles. The Morgan fingerprint density at radius 2 is 1.81 bits per heavy atom. The van der Waals surface area contributed by atoms with E-state index in [-0.39, 0.29) is 22.4 Å². The number of hydrogen-bond donors (Lipinski definition) is 0. The SMILES string of the molecule is CN(C)S(=O)(=O)c1cc(CCl)ccc1OCC1CCN(S(C)(=O)=O)CC1. The number of alkyl halides is 1. The molecule has 1 heterocycles. The molecule has 0 amide bonds. The normalized spacial score (nSPS) is 17.6. The number of rotatable bonds is 7. The summed E-state index contributed by atoms with van der Waals surface area (Å²) in [7, 11) is -3.89. The maximum Gasteiger partial charge on any atom is 0.246 e. The van der Waals surface area contributed by atoms with E-state index in [0.29, 0.717) is 38.1 Å². The predicted molar refractivity (Wildman–Crippen MR) is 102 cm³/mol. The van der Waals surface area contributed by atoms with Gasteiger partial charge in [0.25, 0.3) is 0 Å². The highest BCUT2D eigenvalue weighted by Gasteiger charge is 2.27. The Bertz CT molecular complexity index is 832. The lowest BCUT2D eigenvalue weighted by atomic mass is 9.99. The Balaban J connectivity index is 2.11. The molecule has 0 atom stereocenters. The zero-order valence-corrected chi connectivity index (χ0v) is 17.6. The number of nitrogens with zero attached hydrogens (tertiary/aromatic N) is 2. The van der Waals surface area contributed by atoms with Gasteiger partial charge < -0.3 is 4.74 Å². The molecular weight excluding hydrogens is 400 g/mol. The first-order valence-electron chi connectivity index (χ1n) is 8.25. The highest BCUT2D eigenvalue weighted by molar-refractivity contribution is 7.89. The molecule has 1 fully saturated rings. The van der Waals surface area contributed by atoms with Crippen LogP contribution in [-0.2, 0) is 25.9 Å². The summed E-state index contributed by atoms with van der Waals surface area (Å²) in [6.45, 7) is 1.26. The molecule has 1 aromatic rings. The van der Waals surface area contributed by atoms with Crippen molar-refractivity contribution in [2.24, 2.45) is 5.92 Å². The molecule has 0 spiro atoms. The molecule has 1 aliphatic rings. The third-order valence-electron chi connectivity index (χ3n) is 4.44. The fourth-order valence-corrected chi connectivity index (χ4v) is 4.88. The first-order valence-corrected chi connectivity index (χ1v) is 12.1. The smallest absolute Gasteiger partial charge is 0.246 e. The Labute approximate surface area is 161 Å². The standard InChI is InChI=1S/C16H25ClN2O5S2/c1-18(2)26(22,23)16-10-14(11-17)4-5-15(16)24-12-13-6-8-19(9-7-13)25(3,20)21/h4-5,10,13H,6-9,11-12H2,1-3H3. The van der Waals surface area contributed by atoms with Crippen molar-refractivity contribution in [3.63, 3.8) is 0 Å². The van der Waals surface area contributed by atoms with E-state index in [1.807, 2.05) is 0 Å². The van der Waals surface area contributed by atoms with Gasteiger partial charge in [0.1, 0.15) is 10.6 Å². The van der Waals surface area contributed by atoms with E-state index in [1.165, 1.54) is 30.7 Å². The molecule has 7 nitrogen and oxygen atoms in total. The summed E-state index contributed by atoms with van der Waals surface area (Å²) in [5.74, 6) is 0.675. The monoisotopic (exact) mass is 424 g/mol. The molecule has 1 saturated heterocycles. The van der Waals surface area contributed by atoms with Gasteiger partial charge in [0.05, 0.1) is 12.9 Å². The van der Waals surface area contributed by atoms with Crippen LogP contribution in [-0.4, -0.2) is 65.5 Å². The molecule has 26 heavy (non-hydrogen) atoms. The molecule has 0 bridgehead atoms. The Hall–Kier alpha value is -0.870. The van der Waals surface area contributed by atoms with E-state index in [9.17, 15) is 16.8 Å². The molecule has 10 heteroatoms. The molecule has 0 aliphatic carbocycles. The van der Waals surface area contributed by atoms with Gasteiger partial charge in [0.2, 0.25) is 20.0 Å². The van der Waals surface area contributed by atoms with Crippen LogP contribution in [0.4, 0.5) is 0 Å². The van der Waals surface area contributed by atoms with E-state index in [2.05, 4.69) is 0 Å². The minimum absolute atomic E-state index is 0.0919. The van der Waals surface area contributed by atoms with Crippen LogP contribution in [0.5, 0.6) is 5.75 Å². The Morgan fingerprint density at radius 3 is 2.31 bits per heavy atom. The maximum absolute atomic E-state index is 12.6. The first-order chi connectivity index (χ1) is 12.1. The van der Waals surface area contributed by atoms with Crippen molar-refractivity contribution < 1.29 is 21.6 Å². The van der Waals surface area contributed by atoms with E-state index in [4.69, 9.17) is 16.3 Å². The second-order valence-corrected chi connectivity index (χ2v) is 11.0. The molecule has 1 aromatic carbocycles. The summed E-state index contributed by atoms with van der Waals surface area (Å²) in [5.41, 5.74) is 0.695. The van der Waals surface area contributed by atoms with Crippen LogP contribution in [0.15, 0.2) is 23.1 Å². The minimum Gasteiger partial charge on any atom is -0.492 e. The van der Waals surface area contributed by atoms with Crippen molar-refractivity contribution in [2.45, 2.75) is 23.6 Å². The average Bonchev–Trinajstić information content (AvgIpc) is 2.59. The quantitative estimate of drug-likeness (QED) is 0.622. The summed E-state index contributed by atoms with van der Waals surface area (Å²) in [4.78, 5) is 0.0919. The molecular formula is C16H25ClN2O5S2. The van der Waals surface area contributed by atoms with Crippen molar-refractivity contribution in [2.75, 3.05) is 40.0 Å². The van der Waals surface area contributed by atoms with Gasteiger partial charge >= 0.3 is 0 Å². The predicted octanol–water partition coefficient (Wildman–Crippen LogP) is 1.73. The van der Waals surface area contributed by atoms with Gasteiger partial charge in [-0.05, 0) is 36.5 Å². The van der Waals surface area contributed by atoms with Crippen molar-refractivity contribution in [3.05, 3.63) is 23.8 Å². The van der Waals surface area contributed by atoms with Gasteiger partial charge in [-0.3, -0.25) is 0 Å². The van der Waals surface area contributed by atoms with Crippen LogP contribution in [0, 0.1) is 5.92 Å². The van der Waals surface area contributed by atoms with Crippen molar-refractivity contribution in [3.8, 4) is 5.75 Å². The molecule has 0 N–H and O–H groups in total. The zero-order valence-electron chi connectivity index (χ0n) is 15.2. The Morgan fingerprint density at radius 1 is 1.19 bits per heavy atom. The number of sulfonamides is 2. The average molecular weight is 425 g/mol. The largest absolute Gasteiger partial charge is 0.492 e. The molecule has 1 aliphatic heterocycles. The lowest BCUT2D eigenvalue weighted by Gasteiger charge is -2.30. The number of benzene rings is 1. The van der Waals surface area contributed by atoms with Crippen molar-refractivity contribution in [1.82, 2.24) is 8.61 Å². The van der Waals surface area contributed by atoms with Crippen LogP contribution in [0.25, 0.3) is 0 Å². The van der Waals surface area contributed by atoms with Gasteiger partial charge in [0.15, 0.2) is 0 Å². The van der Waals surface area contributed by atoms with E-state index in [1.54, 1.807) is 12.1 Å². The number of ether oxygens (including phenoxy) is 1. The molecule has 0 radical (unpaired) electrons. The van der Waals surface area contributed by atoms with Gasteiger partial charge in [0, 0.05) is 33.1 Å². The van der Waals surface area contributed by atoms with Gasteiger partial charge in [-0.2, -0.15) is 0 Å². The van der Waals surface area contributed by atoms with Crippen molar-refractivity contribution in [1.29, 1.82) is 0 Å². The zero-order chi connectivity index (χ0) is 19.5. The topological polar surface area (TPSA) is 84.0 Å². The van der Waals surface area contributed by atoms with Crippen LogP contribution < -0.4 is 4.74 Å². The molecule has 0 unspecified atom stereocenters. The van der Waals surface area contributed by atoms with Gasteiger partial charge in [-0.1, -0.05) is 6.07 Å². The van der Waals surface area contributed by atoms with Crippen LogP contribution >= 0.6 is 11.6 Å². The summed E-state index contributed by atoms with van der Waals surface area (Å²) >= 11 is 5.83. The maximum atomic E-state index is 12.6. The highest BCUT2D eigenvalue weighted by atomic mass is 35.5. The minimum atomic E-state index is -3.66. The number of hydrogen-bond acceptors (Lipinski definition) is 5. The van der Waals surface area contributed by atoms with Crippen LogP contribution in [0.2, 0.25) is 0 Å². The third-order valence-corrected chi connectivity index (χ3v) is 7.89. The number of halogens is 1. The third kappa shape index (κ3) is 5.10. The molecule has 2 rings (SSSR count). The molecule has 148 valence electrons. The summed E-state index contributed by atoms with van der Waals surface area (Å²) in [5, 5.41) is 0. The lowest BCUT2D eigenvalue weighted by Crippen LogP contribution is -2.39. The highest BCUT2D eigenvalue weighted by Crippen LogP contribution is 2.29. The van der Waals surface area contributed by atoms with Crippen molar-refractivity contribution >= 4 is 31.6 Å². The van der Waals surface area contributed by atoms with E-state index < -0.39 is 20.0 Å². The van der Waals surface area contributed by atoms with Crippen LogP contribution in [0.3, 0.4) is 0 Å². The first kappa shape index (κ1) is 21.4. The fourth-order valence-electron chi connectivity index (χ4n) is 2.77. The summed E-state index contributed by atoms with van der Waals surface area (Å²) in [6, 6.07) is 4.90. The van der Waals surface area contributed by atoms with E-state index in [0.717, 1.165) is 4.31 Å². The molecule has 0 aromatic heterocycles. The second kappa shape index (κ2) is 8.43. The van der Waals surface area contributed by atoms with Gasteiger partial charge in [-0.15, -0.1) is 11.6 Å². The second-order valence-electron chi connectivity index (χ2n) is 6.62. The lowest BCUT2D eigenvalue weighted by molar-refractivity contribution is 0.182.